The van der Waals surface area contributed by atoms with E-state index in [-0.39, 0.29) is 31.5 Å². The number of hydrogen-bond acceptors (Lipinski definition) is 8. The van der Waals surface area contributed by atoms with Gasteiger partial charge in [0.05, 0.1) is 38.6 Å². The quantitative estimate of drug-likeness (QED) is 0.307. The largest absolute Gasteiger partial charge is 0.497 e. The van der Waals surface area contributed by atoms with E-state index in [4.69, 9.17) is 18.9 Å². The number of methoxy groups -OCH3 is 2. The molecule has 1 unspecified atom stereocenters. The number of fused-ring (bicyclic) bond motifs is 1. The molecule has 0 radical (unpaired) electrons. The van der Waals surface area contributed by atoms with Gasteiger partial charge < -0.3 is 44.3 Å². The van der Waals surface area contributed by atoms with Gasteiger partial charge in [0.25, 0.3) is 0 Å². The van der Waals surface area contributed by atoms with Crippen molar-refractivity contribution in [1.29, 1.82) is 0 Å². The zero-order valence-corrected chi connectivity index (χ0v) is 26.5. The van der Waals surface area contributed by atoms with E-state index in [0.29, 0.717) is 19.0 Å². The van der Waals surface area contributed by atoms with Gasteiger partial charge in [0, 0.05) is 44.7 Å². The van der Waals surface area contributed by atoms with Crippen LogP contribution in [0.2, 0.25) is 0 Å². The number of hydrogen-bond donors (Lipinski definition) is 3. The molecule has 11 nitrogen and oxygen atoms in total. The van der Waals surface area contributed by atoms with Crippen molar-refractivity contribution >= 4 is 17.7 Å². The maximum Gasteiger partial charge on any atom is 0.407 e. The number of carboxylic acid groups (broad SMARTS) is 1. The number of carbonyl (C=O) groups excluding carboxylic acids is 1. The molecule has 0 aromatic heterocycles. The third-order valence-electron chi connectivity index (χ3n) is 8.52. The van der Waals surface area contributed by atoms with Gasteiger partial charge in [0.2, 0.25) is 5.91 Å². The van der Waals surface area contributed by atoms with Gasteiger partial charge in [-0.2, -0.15) is 0 Å². The van der Waals surface area contributed by atoms with Gasteiger partial charge in [-0.1, -0.05) is 39.0 Å². The highest BCUT2D eigenvalue weighted by atomic mass is 16.5. The Kier molecular flexibility index (Phi) is 11.3. The van der Waals surface area contributed by atoms with E-state index in [1.807, 2.05) is 57.2 Å². The van der Waals surface area contributed by atoms with E-state index in [9.17, 15) is 19.8 Å². The first-order valence-corrected chi connectivity index (χ1v) is 15.2. The van der Waals surface area contributed by atoms with Gasteiger partial charge in [0.1, 0.15) is 24.7 Å². The Hall–Kier alpha value is -3.54. The molecular formula is C33H47N3O8. The highest BCUT2D eigenvalue weighted by Crippen LogP contribution is 2.45. The number of ether oxygens (including phenoxy) is 4. The van der Waals surface area contributed by atoms with Gasteiger partial charge in [-0.05, 0) is 47.2 Å². The van der Waals surface area contributed by atoms with Crippen molar-refractivity contribution in [2.75, 3.05) is 65.1 Å². The molecule has 0 saturated carbocycles. The number of aliphatic hydroxyl groups is 1. The predicted molar refractivity (Wildman–Crippen MR) is 167 cm³/mol. The number of nitrogens with zero attached hydrogens (tertiary/aromatic N) is 2. The van der Waals surface area contributed by atoms with Crippen LogP contribution in [0.4, 0.5) is 10.5 Å². The Morgan fingerprint density at radius 1 is 1.11 bits per heavy atom. The standard InChI is InChI=1S/C33H47N3O8/c1-33(2,3)31-25(18-34-29(38)20-37)30(23-8-10-24(42-5)11-9-23)28(19-36(31)32(39)40)44-21-22-7-12-27-26(17-22)35(14-16-43-27)13-6-15-41-4/h7-12,17,25,28,30-31,37H,6,13-16,18-21H2,1-5H3,(H,34,38)(H,39,40)/t25-,28-,30-,31?/m0/s1. The molecule has 2 aromatic carbocycles. The minimum absolute atomic E-state index is 0.162. The number of anilines is 1. The molecular weight excluding hydrogens is 566 g/mol. The molecule has 4 rings (SSSR count). The number of piperidine rings is 1. The lowest BCUT2D eigenvalue weighted by Crippen LogP contribution is -2.63. The van der Waals surface area contributed by atoms with Crippen LogP contribution in [0.1, 0.15) is 44.2 Å². The van der Waals surface area contributed by atoms with Crippen LogP contribution in [0.25, 0.3) is 0 Å². The normalized spacial score (nSPS) is 21.8. The third kappa shape index (κ3) is 7.94. The van der Waals surface area contributed by atoms with E-state index in [1.165, 1.54) is 4.90 Å². The number of likely N-dealkylation sites (tertiary alicyclic amines) is 1. The summed E-state index contributed by atoms with van der Waals surface area (Å²) in [7, 11) is 3.31. The van der Waals surface area contributed by atoms with E-state index < -0.39 is 36.2 Å². The van der Waals surface area contributed by atoms with Crippen molar-refractivity contribution < 1.29 is 38.7 Å². The highest BCUT2D eigenvalue weighted by Gasteiger charge is 2.50. The fraction of sp³-hybridized carbons (Fsp3) is 0.576. The molecule has 0 bridgehead atoms. The summed E-state index contributed by atoms with van der Waals surface area (Å²) in [6.07, 6.45) is -0.654. The van der Waals surface area contributed by atoms with Crippen LogP contribution in [0.5, 0.6) is 11.5 Å². The Morgan fingerprint density at radius 3 is 2.50 bits per heavy atom. The summed E-state index contributed by atoms with van der Waals surface area (Å²) in [5.41, 5.74) is 2.47. The Labute approximate surface area is 260 Å². The van der Waals surface area contributed by atoms with Crippen LogP contribution < -0.4 is 19.7 Å². The van der Waals surface area contributed by atoms with Crippen LogP contribution in [-0.2, 0) is 20.9 Å². The van der Waals surface area contributed by atoms with Crippen molar-refractivity contribution in [3.05, 3.63) is 53.6 Å². The van der Waals surface area contributed by atoms with Crippen molar-refractivity contribution in [2.45, 2.75) is 51.9 Å². The number of nitrogens with one attached hydrogen (secondary N) is 1. The third-order valence-corrected chi connectivity index (χ3v) is 8.52. The van der Waals surface area contributed by atoms with Crippen LogP contribution in [0.15, 0.2) is 42.5 Å². The van der Waals surface area contributed by atoms with E-state index in [1.54, 1.807) is 14.2 Å². The zero-order valence-electron chi connectivity index (χ0n) is 26.5. The Bertz CT molecular complexity index is 1250. The van der Waals surface area contributed by atoms with Gasteiger partial charge in [-0.25, -0.2) is 4.79 Å². The van der Waals surface area contributed by atoms with Crippen LogP contribution in [0.3, 0.4) is 0 Å². The Balaban J connectivity index is 1.68. The van der Waals surface area contributed by atoms with Crippen molar-refractivity contribution in [3.63, 3.8) is 0 Å². The van der Waals surface area contributed by atoms with Gasteiger partial charge in [-0.15, -0.1) is 0 Å². The second kappa shape index (κ2) is 15.0. The molecule has 4 atom stereocenters. The average molecular weight is 614 g/mol. The topological polar surface area (TPSA) is 130 Å². The second-order valence-electron chi connectivity index (χ2n) is 12.5. The number of rotatable bonds is 12. The van der Waals surface area contributed by atoms with E-state index in [2.05, 4.69) is 16.3 Å². The molecule has 0 aliphatic carbocycles. The van der Waals surface area contributed by atoms with Crippen molar-refractivity contribution in [1.82, 2.24) is 10.2 Å². The Morgan fingerprint density at radius 2 is 1.86 bits per heavy atom. The SMILES string of the molecule is COCCCN1CCOc2ccc(CO[C@H]3CN(C(=O)O)C(C(C)(C)C)[C@@H](CNC(=O)CO)[C@@H]3c3ccc(OC)cc3)cc21. The smallest absolute Gasteiger partial charge is 0.407 e. The number of benzene rings is 2. The second-order valence-corrected chi connectivity index (χ2v) is 12.5. The lowest BCUT2D eigenvalue weighted by molar-refractivity contribution is -0.125. The van der Waals surface area contributed by atoms with E-state index in [0.717, 1.165) is 42.1 Å². The van der Waals surface area contributed by atoms with Crippen LogP contribution in [-0.4, -0.2) is 99.5 Å². The predicted octanol–water partition coefficient (Wildman–Crippen LogP) is 3.73. The maximum atomic E-state index is 12.7. The highest BCUT2D eigenvalue weighted by molar-refractivity contribution is 5.76. The minimum atomic E-state index is -1.04. The lowest BCUT2D eigenvalue weighted by atomic mass is 9.66. The molecule has 2 heterocycles. The van der Waals surface area contributed by atoms with Crippen molar-refractivity contribution in [2.24, 2.45) is 11.3 Å². The molecule has 2 amide bonds. The monoisotopic (exact) mass is 613 g/mol. The van der Waals surface area contributed by atoms with Gasteiger partial charge in [0.15, 0.2) is 0 Å². The molecule has 1 fully saturated rings. The summed E-state index contributed by atoms with van der Waals surface area (Å²) in [6, 6.07) is 13.3. The number of carbonyl (C=O) groups is 2. The summed E-state index contributed by atoms with van der Waals surface area (Å²) >= 11 is 0. The molecule has 11 heteroatoms. The summed E-state index contributed by atoms with van der Waals surface area (Å²) in [6.45, 7) is 8.91. The summed E-state index contributed by atoms with van der Waals surface area (Å²) in [4.78, 5) is 28.7. The van der Waals surface area contributed by atoms with Crippen LogP contribution >= 0.6 is 0 Å². The molecule has 2 aliphatic heterocycles. The van der Waals surface area contributed by atoms with Gasteiger partial charge >= 0.3 is 6.09 Å². The molecule has 2 aromatic rings. The molecule has 44 heavy (non-hydrogen) atoms. The summed E-state index contributed by atoms with van der Waals surface area (Å²) in [5.74, 6) is 0.421. The molecule has 1 saturated heterocycles. The lowest BCUT2D eigenvalue weighted by Gasteiger charge is -2.53. The summed E-state index contributed by atoms with van der Waals surface area (Å²) in [5, 5.41) is 22.6. The number of amides is 2. The summed E-state index contributed by atoms with van der Waals surface area (Å²) < 4.78 is 23.2. The van der Waals surface area contributed by atoms with Gasteiger partial charge in [-0.3, -0.25) is 4.79 Å². The van der Waals surface area contributed by atoms with E-state index >= 15 is 0 Å². The average Bonchev–Trinajstić information content (AvgIpc) is 3.01. The number of aliphatic hydroxyl groups excluding tert-OH is 1. The fourth-order valence-electron chi connectivity index (χ4n) is 6.64. The van der Waals surface area contributed by atoms with Crippen molar-refractivity contribution in [3.8, 4) is 11.5 Å². The minimum Gasteiger partial charge on any atom is -0.497 e. The first kappa shape index (κ1) is 33.4. The fourth-order valence-corrected chi connectivity index (χ4v) is 6.64. The first-order valence-electron chi connectivity index (χ1n) is 15.2. The zero-order chi connectivity index (χ0) is 31.9. The molecule has 0 spiro atoms. The molecule has 2 aliphatic rings. The maximum absolute atomic E-state index is 12.7. The first-order chi connectivity index (χ1) is 21.1. The molecule has 3 N–H and O–H groups in total. The van der Waals surface area contributed by atoms with Crippen LogP contribution in [0, 0.1) is 11.3 Å². The molecule has 242 valence electrons.